The van der Waals surface area contributed by atoms with Gasteiger partial charge in [-0.3, -0.25) is 0 Å². The summed E-state index contributed by atoms with van der Waals surface area (Å²) in [5.41, 5.74) is 3.69. The van der Waals surface area contributed by atoms with Crippen LogP contribution >= 0.6 is 0 Å². The largest absolute Gasteiger partial charge is 0.388 e. The van der Waals surface area contributed by atoms with E-state index < -0.39 is 6.10 Å². The summed E-state index contributed by atoms with van der Waals surface area (Å²) in [6, 6.07) is 19.2. The van der Waals surface area contributed by atoms with Gasteiger partial charge in [0.25, 0.3) is 0 Å². The van der Waals surface area contributed by atoms with Gasteiger partial charge in [0.2, 0.25) is 0 Å². The molecule has 2 rings (SSSR count). The van der Waals surface area contributed by atoms with Crippen molar-refractivity contribution in [1.82, 2.24) is 0 Å². The third-order valence-corrected chi connectivity index (χ3v) is 6.20. The fourth-order valence-corrected chi connectivity index (χ4v) is 4.29. The molecule has 2 nitrogen and oxygen atoms in total. The van der Waals surface area contributed by atoms with E-state index in [1.807, 2.05) is 0 Å². The van der Waals surface area contributed by atoms with E-state index in [1.54, 1.807) is 0 Å². The Labute approximate surface area is 191 Å². The van der Waals surface area contributed by atoms with Crippen LogP contribution in [0.3, 0.4) is 0 Å². The van der Waals surface area contributed by atoms with Gasteiger partial charge in [0.1, 0.15) is 0 Å². The van der Waals surface area contributed by atoms with Gasteiger partial charge in [-0.1, -0.05) is 100 Å². The number of unbranched alkanes of at least 4 members (excludes halogenated alkanes) is 3. The normalized spacial score (nSPS) is 14.1. The summed E-state index contributed by atoms with van der Waals surface area (Å²) in [4.78, 5) is 0. The van der Waals surface area contributed by atoms with Crippen LogP contribution in [0.1, 0.15) is 75.2 Å². The molecule has 0 aliphatic heterocycles. The summed E-state index contributed by atoms with van der Waals surface area (Å²) in [7, 11) is 4.56. The van der Waals surface area contributed by atoms with Crippen molar-refractivity contribution in [3.05, 3.63) is 77.4 Å². The Bertz CT molecular complexity index is 748. The van der Waals surface area contributed by atoms with Crippen LogP contribution in [0.4, 0.5) is 0 Å². The molecule has 2 aromatic carbocycles. The molecule has 0 fully saturated rings. The molecule has 0 saturated heterocycles. The van der Waals surface area contributed by atoms with Gasteiger partial charge in [-0.05, 0) is 42.0 Å². The van der Waals surface area contributed by atoms with Crippen LogP contribution in [0, 0.1) is 5.92 Å². The number of rotatable bonds is 14. The first-order valence-corrected chi connectivity index (χ1v) is 12.3. The molecule has 2 atom stereocenters. The molecule has 31 heavy (non-hydrogen) atoms. The summed E-state index contributed by atoms with van der Waals surface area (Å²) in [6.07, 6.45) is 12.4. The van der Waals surface area contributed by atoms with E-state index in [1.165, 1.54) is 43.2 Å². The van der Waals surface area contributed by atoms with Gasteiger partial charge in [-0.15, -0.1) is 0 Å². The molecule has 0 spiro atoms. The topological polar surface area (TPSA) is 20.2 Å². The molecule has 2 heteroatoms. The zero-order valence-electron chi connectivity index (χ0n) is 20.3. The molecule has 0 amide bonds. The molecular weight excluding hydrogens is 378 g/mol. The number of nitrogens with zero attached hydrogens (tertiary/aromatic N) is 1. The van der Waals surface area contributed by atoms with Gasteiger partial charge in [0, 0.05) is 5.92 Å². The highest BCUT2D eigenvalue weighted by atomic mass is 16.3. The number of hydrogen-bond acceptors (Lipinski definition) is 1. The van der Waals surface area contributed by atoms with Gasteiger partial charge < -0.3 is 9.59 Å². The third kappa shape index (κ3) is 9.41. The molecule has 0 saturated carbocycles. The zero-order chi connectivity index (χ0) is 22.5. The van der Waals surface area contributed by atoms with Crippen LogP contribution in [-0.2, 0) is 6.42 Å². The molecule has 0 aliphatic rings. The van der Waals surface area contributed by atoms with Gasteiger partial charge >= 0.3 is 0 Å². The Morgan fingerprint density at radius 2 is 1.55 bits per heavy atom. The maximum absolute atomic E-state index is 11.3. The Balaban J connectivity index is 2.04. The predicted octanol–water partition coefficient (Wildman–Crippen LogP) is 7.05. The molecule has 0 unspecified atom stereocenters. The summed E-state index contributed by atoms with van der Waals surface area (Å²) < 4.78 is 0.881. The van der Waals surface area contributed by atoms with Crippen LogP contribution in [0.5, 0.6) is 0 Å². The van der Waals surface area contributed by atoms with Crippen LogP contribution in [0.25, 0.3) is 6.08 Å². The highest BCUT2D eigenvalue weighted by Crippen LogP contribution is 2.29. The lowest BCUT2D eigenvalue weighted by molar-refractivity contribution is -0.888. The first-order chi connectivity index (χ1) is 14.9. The molecule has 2 aromatic rings. The maximum atomic E-state index is 11.3. The van der Waals surface area contributed by atoms with E-state index in [9.17, 15) is 5.11 Å². The highest BCUT2D eigenvalue weighted by Gasteiger charge is 2.28. The number of quaternary nitrogens is 1. The number of aliphatic hydroxyl groups is 1. The van der Waals surface area contributed by atoms with Gasteiger partial charge in [-0.25, -0.2) is 0 Å². The van der Waals surface area contributed by atoms with Crippen molar-refractivity contribution in [3.63, 3.8) is 0 Å². The van der Waals surface area contributed by atoms with Gasteiger partial charge in [-0.2, -0.15) is 0 Å². The van der Waals surface area contributed by atoms with E-state index in [2.05, 4.69) is 94.7 Å². The first kappa shape index (κ1) is 25.4. The van der Waals surface area contributed by atoms with Crippen molar-refractivity contribution in [2.75, 3.05) is 27.2 Å². The van der Waals surface area contributed by atoms with Crippen molar-refractivity contribution < 1.29 is 9.59 Å². The number of aliphatic hydroxyl groups excluding tert-OH is 1. The smallest absolute Gasteiger partial charge is 0.0972 e. The lowest BCUT2D eigenvalue weighted by Gasteiger charge is -2.35. The molecule has 0 radical (unpaired) electrons. The molecule has 170 valence electrons. The number of likely N-dealkylation sites (N-methyl/N-ethyl adjacent to an activating group) is 1. The zero-order valence-corrected chi connectivity index (χ0v) is 20.3. The summed E-state index contributed by atoms with van der Waals surface area (Å²) >= 11 is 0. The predicted molar refractivity (Wildman–Crippen MR) is 135 cm³/mol. The molecule has 1 N–H and O–H groups in total. The van der Waals surface area contributed by atoms with Crippen molar-refractivity contribution in [1.29, 1.82) is 0 Å². The van der Waals surface area contributed by atoms with Crippen molar-refractivity contribution in [2.24, 2.45) is 5.92 Å². The maximum Gasteiger partial charge on any atom is 0.0972 e. The Morgan fingerprint density at radius 1 is 0.871 bits per heavy atom. The quantitative estimate of drug-likeness (QED) is 0.255. The molecule has 0 aliphatic carbocycles. The van der Waals surface area contributed by atoms with E-state index in [0.29, 0.717) is 0 Å². The van der Waals surface area contributed by atoms with E-state index in [0.717, 1.165) is 36.0 Å². The number of hydrogen-bond donors (Lipinski definition) is 1. The van der Waals surface area contributed by atoms with Crippen LogP contribution in [0.2, 0.25) is 0 Å². The van der Waals surface area contributed by atoms with Crippen molar-refractivity contribution in [2.45, 2.75) is 64.9 Å². The van der Waals surface area contributed by atoms with E-state index in [-0.39, 0.29) is 5.92 Å². The Morgan fingerprint density at radius 3 is 2.19 bits per heavy atom. The average molecular weight is 423 g/mol. The van der Waals surface area contributed by atoms with Gasteiger partial charge in [0.15, 0.2) is 0 Å². The summed E-state index contributed by atoms with van der Waals surface area (Å²) in [5.74, 6) is 0.271. The molecule has 0 heterocycles. The minimum atomic E-state index is -0.396. The molecular formula is C29H44NO+. The minimum absolute atomic E-state index is 0.271. The minimum Gasteiger partial charge on any atom is -0.388 e. The Hall–Kier alpha value is -1.90. The first-order valence-electron chi connectivity index (χ1n) is 12.3. The second-order valence-corrected chi connectivity index (χ2v) is 9.66. The number of benzene rings is 2. The van der Waals surface area contributed by atoms with Crippen molar-refractivity contribution >= 4 is 6.08 Å². The SMILES string of the molecule is CCCCC[C@H](C[N+](C)(C)C/C=C\c1ccccc1)[C@H](O)c1ccc(CCCC)cc1. The van der Waals surface area contributed by atoms with Crippen molar-refractivity contribution in [3.8, 4) is 0 Å². The van der Waals surface area contributed by atoms with E-state index >= 15 is 0 Å². The van der Waals surface area contributed by atoms with Gasteiger partial charge in [0.05, 0.1) is 33.3 Å². The fourth-order valence-electron chi connectivity index (χ4n) is 4.29. The van der Waals surface area contributed by atoms with Crippen LogP contribution in [-0.4, -0.2) is 36.8 Å². The monoisotopic (exact) mass is 422 g/mol. The second kappa shape index (κ2) is 13.5. The van der Waals surface area contributed by atoms with Crippen LogP contribution < -0.4 is 0 Å². The van der Waals surface area contributed by atoms with Crippen LogP contribution in [0.15, 0.2) is 60.7 Å². The average Bonchev–Trinajstić information content (AvgIpc) is 2.77. The molecule has 0 bridgehead atoms. The summed E-state index contributed by atoms with van der Waals surface area (Å²) in [6.45, 7) is 6.41. The lowest BCUT2D eigenvalue weighted by Crippen LogP contribution is -2.44. The van der Waals surface area contributed by atoms with E-state index in [4.69, 9.17) is 0 Å². The lowest BCUT2D eigenvalue weighted by atomic mass is 9.89. The Kier molecular flexibility index (Phi) is 11.0. The summed E-state index contributed by atoms with van der Waals surface area (Å²) in [5, 5.41) is 11.3. The molecule has 0 aromatic heterocycles. The standard InChI is InChI=1S/C29H44NO/c1-5-7-10-18-28(29(31)27-21-19-26(20-22-27)14-8-6-2)24-30(3,4)23-13-17-25-15-11-9-12-16-25/h9,11-13,15-17,19-22,28-29,31H,5-8,10,14,18,23-24H2,1-4H3/q+1/b17-13-/t28-,29-/m1/s1. The second-order valence-electron chi connectivity index (χ2n) is 9.66. The highest BCUT2D eigenvalue weighted by molar-refractivity contribution is 5.48. The fraction of sp³-hybridized carbons (Fsp3) is 0.517. The number of aryl methyl sites for hydroxylation is 1. The third-order valence-electron chi connectivity index (χ3n) is 6.20.